The summed E-state index contributed by atoms with van der Waals surface area (Å²) in [5.41, 5.74) is 6.39. The number of amides is 2. The number of aryl methyl sites for hydroxylation is 4. The van der Waals surface area contributed by atoms with Crippen LogP contribution < -0.4 is 19.8 Å². The van der Waals surface area contributed by atoms with Crippen LogP contribution in [0.4, 0.5) is 11.4 Å². The quantitative estimate of drug-likeness (QED) is 0.123. The van der Waals surface area contributed by atoms with Gasteiger partial charge in [0, 0.05) is 57.5 Å². The predicted molar refractivity (Wildman–Crippen MR) is 220 cm³/mol. The Hall–Kier alpha value is -6.32. The molecule has 58 heavy (non-hydrogen) atoms. The van der Waals surface area contributed by atoms with Crippen LogP contribution in [0.3, 0.4) is 0 Å². The zero-order valence-electron chi connectivity index (χ0n) is 32.2. The molecular formula is C44H42N4O8S2. The number of rotatable bonds is 8. The van der Waals surface area contributed by atoms with E-state index in [4.69, 9.17) is 0 Å². The van der Waals surface area contributed by atoms with Gasteiger partial charge in [-0.15, -0.1) is 0 Å². The molecule has 298 valence electrons. The molecule has 0 saturated carbocycles. The minimum atomic E-state index is -4.27. The van der Waals surface area contributed by atoms with E-state index in [0.29, 0.717) is 11.1 Å². The summed E-state index contributed by atoms with van der Waals surface area (Å²) in [5, 5.41) is 8.15. The average Bonchev–Trinajstić information content (AvgIpc) is 3.20. The van der Waals surface area contributed by atoms with Crippen molar-refractivity contribution in [2.45, 2.75) is 50.6 Å². The van der Waals surface area contributed by atoms with E-state index in [2.05, 4.69) is 45.7 Å². The van der Waals surface area contributed by atoms with Crippen LogP contribution >= 0.6 is 0 Å². The standard InChI is InChI=1S/C30H26N4O2.2C7H8O3S/c1-3-33-17-5-7-21-13-15-25(19-27(21)33)31-29(35)23-9-11-24(12-10-23)30(36)32-26-16-14-22-8-6-18-34(4-2)28(22)20-26;2*1-6-2-4-7(5-3-6)11(8,9)10/h5-20H,3-4H2,1-2H3;2*2-5H,1H3,(H,8,9,10). The molecule has 2 aromatic heterocycles. The van der Waals surface area contributed by atoms with Crippen LogP contribution in [0.25, 0.3) is 21.8 Å². The fraction of sp³-hybridized carbons (Fsp3) is 0.136. The van der Waals surface area contributed by atoms with Crippen molar-refractivity contribution in [3.63, 3.8) is 0 Å². The first-order chi connectivity index (χ1) is 27.5. The first-order valence-corrected chi connectivity index (χ1v) is 21.0. The maximum atomic E-state index is 12.8. The topological polar surface area (TPSA) is 180 Å². The van der Waals surface area contributed by atoms with Gasteiger partial charge >= 0.3 is 0 Å². The lowest BCUT2D eigenvalue weighted by Gasteiger charge is -2.08. The monoisotopic (exact) mass is 818 g/mol. The first-order valence-electron chi connectivity index (χ1n) is 18.2. The Balaban J connectivity index is 0.000000236. The second-order valence-electron chi connectivity index (χ2n) is 13.2. The highest BCUT2D eigenvalue weighted by Crippen LogP contribution is 2.19. The highest BCUT2D eigenvalue weighted by molar-refractivity contribution is 7.86. The van der Waals surface area contributed by atoms with E-state index in [9.17, 15) is 35.5 Å². The Morgan fingerprint density at radius 2 is 0.862 bits per heavy atom. The molecule has 0 bridgehead atoms. The summed E-state index contributed by atoms with van der Waals surface area (Å²) in [5.74, 6) is -0.446. The molecule has 2 heterocycles. The van der Waals surface area contributed by atoms with E-state index < -0.39 is 20.2 Å². The van der Waals surface area contributed by atoms with Crippen LogP contribution in [0, 0.1) is 13.8 Å². The molecule has 7 aromatic rings. The number of aromatic nitrogens is 2. The highest BCUT2D eigenvalue weighted by Gasteiger charge is 2.14. The van der Waals surface area contributed by atoms with Gasteiger partial charge in [0.1, 0.15) is 33.3 Å². The number of carbonyl (C=O) groups excluding carboxylic acids is 2. The molecular weight excluding hydrogens is 777 g/mol. The molecule has 0 unspecified atom stereocenters. The van der Waals surface area contributed by atoms with Gasteiger partial charge < -0.3 is 19.7 Å². The molecule has 12 nitrogen and oxygen atoms in total. The third-order valence-electron chi connectivity index (χ3n) is 8.99. The molecule has 2 N–H and O–H groups in total. The predicted octanol–water partition coefficient (Wildman–Crippen LogP) is 6.91. The van der Waals surface area contributed by atoms with Crippen LogP contribution in [0.15, 0.2) is 156 Å². The maximum absolute atomic E-state index is 12.8. The van der Waals surface area contributed by atoms with Gasteiger partial charge in [0.25, 0.3) is 11.8 Å². The van der Waals surface area contributed by atoms with Gasteiger partial charge in [0.2, 0.25) is 11.0 Å². The van der Waals surface area contributed by atoms with E-state index in [0.717, 1.165) is 57.4 Å². The second-order valence-corrected chi connectivity index (χ2v) is 15.9. The largest absolute Gasteiger partial charge is 0.744 e. The third kappa shape index (κ3) is 11.4. The van der Waals surface area contributed by atoms with Crippen molar-refractivity contribution in [3.8, 4) is 0 Å². The fourth-order valence-electron chi connectivity index (χ4n) is 5.82. The Bertz CT molecular complexity index is 2600. The Kier molecular flexibility index (Phi) is 13.8. The Labute approximate surface area is 337 Å². The molecule has 5 aromatic carbocycles. The van der Waals surface area contributed by atoms with E-state index in [1.54, 1.807) is 48.5 Å². The summed E-state index contributed by atoms with van der Waals surface area (Å²) in [7, 11) is -8.54. The minimum Gasteiger partial charge on any atom is -0.744 e. The lowest BCUT2D eigenvalue weighted by molar-refractivity contribution is -0.668. The van der Waals surface area contributed by atoms with Gasteiger partial charge in [-0.3, -0.25) is 9.59 Å². The molecule has 0 saturated heterocycles. The Morgan fingerprint density at radius 1 is 0.517 bits per heavy atom. The highest BCUT2D eigenvalue weighted by atomic mass is 32.2. The smallest absolute Gasteiger partial charge is 0.255 e. The van der Waals surface area contributed by atoms with E-state index in [1.807, 2.05) is 74.8 Å². The summed E-state index contributed by atoms with van der Waals surface area (Å²) >= 11 is 0. The number of benzene rings is 5. The molecule has 0 spiro atoms. The molecule has 14 heteroatoms. The Morgan fingerprint density at radius 3 is 1.17 bits per heavy atom. The van der Waals surface area contributed by atoms with Crippen molar-refractivity contribution in [1.82, 2.24) is 0 Å². The molecule has 2 amide bonds. The summed E-state index contributed by atoms with van der Waals surface area (Å²) < 4.78 is 66.6. The number of fused-ring (bicyclic) bond motifs is 2. The van der Waals surface area contributed by atoms with Gasteiger partial charge in [0.05, 0.1) is 9.79 Å². The number of pyridine rings is 2. The van der Waals surface area contributed by atoms with E-state index in [1.165, 1.54) is 24.3 Å². The molecule has 0 aliphatic heterocycles. The second kappa shape index (κ2) is 18.7. The lowest BCUT2D eigenvalue weighted by atomic mass is 10.1. The number of nitrogens with zero attached hydrogens (tertiary/aromatic N) is 2. The van der Waals surface area contributed by atoms with Gasteiger partial charge in [0.15, 0.2) is 12.4 Å². The summed E-state index contributed by atoms with van der Waals surface area (Å²) in [6.07, 6.45) is 4.05. The molecule has 0 aliphatic rings. The summed E-state index contributed by atoms with van der Waals surface area (Å²) in [4.78, 5) is 25.3. The average molecular weight is 819 g/mol. The maximum Gasteiger partial charge on any atom is 0.255 e. The lowest BCUT2D eigenvalue weighted by Crippen LogP contribution is -2.32. The van der Waals surface area contributed by atoms with Crippen molar-refractivity contribution in [2.75, 3.05) is 10.6 Å². The zero-order chi connectivity index (χ0) is 42.0. The van der Waals surface area contributed by atoms with Gasteiger partial charge in [-0.2, -0.15) is 9.13 Å². The molecule has 0 radical (unpaired) electrons. The van der Waals surface area contributed by atoms with E-state index >= 15 is 0 Å². The molecule has 0 atom stereocenters. The minimum absolute atomic E-state index is 0.178. The van der Waals surface area contributed by atoms with Crippen molar-refractivity contribution in [2.24, 2.45) is 0 Å². The first kappa shape index (κ1) is 42.8. The van der Waals surface area contributed by atoms with Crippen LogP contribution in [0.2, 0.25) is 0 Å². The van der Waals surface area contributed by atoms with Crippen LogP contribution in [-0.2, 0) is 33.3 Å². The van der Waals surface area contributed by atoms with E-state index in [-0.39, 0.29) is 21.6 Å². The number of carbonyl (C=O) groups is 2. The van der Waals surface area contributed by atoms with Crippen molar-refractivity contribution >= 4 is 65.2 Å². The normalized spacial score (nSPS) is 11.1. The zero-order valence-corrected chi connectivity index (χ0v) is 33.9. The van der Waals surface area contributed by atoms with Gasteiger partial charge in [-0.05, 0) is 113 Å². The number of hydrogen-bond donors (Lipinski definition) is 2. The van der Waals surface area contributed by atoms with Gasteiger partial charge in [-0.1, -0.05) is 35.4 Å². The molecule has 7 rings (SSSR count). The molecule has 0 fully saturated rings. The van der Waals surface area contributed by atoms with Crippen molar-refractivity contribution in [1.29, 1.82) is 0 Å². The van der Waals surface area contributed by atoms with Crippen LogP contribution in [0.5, 0.6) is 0 Å². The summed E-state index contributed by atoms with van der Waals surface area (Å²) in [6, 6.07) is 38.1. The van der Waals surface area contributed by atoms with Gasteiger partial charge in [-0.25, -0.2) is 16.8 Å². The van der Waals surface area contributed by atoms with Crippen LogP contribution in [0.1, 0.15) is 45.7 Å². The number of hydrogen-bond acceptors (Lipinski definition) is 8. The fourth-order valence-corrected chi connectivity index (χ4v) is 6.76. The molecule has 0 aliphatic carbocycles. The third-order valence-corrected chi connectivity index (χ3v) is 10.7. The number of anilines is 2. The SMILES string of the molecule is CC[n+]1cccc2ccc(NC(=O)c3ccc(C(=O)Nc4ccc5ccc[n+](CC)c5c4)cc3)cc21.Cc1ccc(S(=O)(=O)[O-])cc1.Cc1ccc(S(=O)(=O)[O-])cc1. The van der Waals surface area contributed by atoms with Crippen molar-refractivity contribution < 1.29 is 44.7 Å². The summed E-state index contributed by atoms with van der Waals surface area (Å²) in [6.45, 7) is 9.50. The van der Waals surface area contributed by atoms with Crippen LogP contribution in [-0.4, -0.2) is 37.8 Å². The van der Waals surface area contributed by atoms with Crippen molar-refractivity contribution in [3.05, 3.63) is 168 Å². The number of nitrogens with one attached hydrogen (secondary N) is 2.